The molecule has 1 aliphatic rings. The number of hydrogen-bond donors (Lipinski definition) is 1. The van der Waals surface area contributed by atoms with Gasteiger partial charge in [0.15, 0.2) is 5.96 Å². The Kier molecular flexibility index (Phi) is 9.63. The van der Waals surface area contributed by atoms with E-state index in [2.05, 4.69) is 38.2 Å². The predicted molar refractivity (Wildman–Crippen MR) is 128 cm³/mol. The van der Waals surface area contributed by atoms with Gasteiger partial charge in [-0.25, -0.2) is 9.98 Å². The van der Waals surface area contributed by atoms with E-state index < -0.39 is 0 Å². The van der Waals surface area contributed by atoms with Gasteiger partial charge in [-0.1, -0.05) is 0 Å². The Hall–Kier alpha value is -2.08. The summed E-state index contributed by atoms with van der Waals surface area (Å²) in [5, 5.41) is 7.50. The second-order valence-electron chi connectivity index (χ2n) is 6.91. The Balaban J connectivity index is 0.00000320. The van der Waals surface area contributed by atoms with Gasteiger partial charge in [-0.2, -0.15) is 5.10 Å². The number of nitrogens with zero attached hydrogens (tertiary/aromatic N) is 6. The van der Waals surface area contributed by atoms with Crippen LogP contribution in [0.4, 0.5) is 0 Å². The Morgan fingerprint density at radius 1 is 1.17 bits per heavy atom. The van der Waals surface area contributed by atoms with Crippen molar-refractivity contribution in [2.24, 2.45) is 12.0 Å². The van der Waals surface area contributed by atoms with Crippen LogP contribution >= 0.6 is 24.0 Å². The number of nitrogens with one attached hydrogen (secondary N) is 1. The second kappa shape index (κ2) is 11.9. The summed E-state index contributed by atoms with van der Waals surface area (Å²) in [6.45, 7) is 8.00. The van der Waals surface area contributed by atoms with E-state index in [0.29, 0.717) is 6.54 Å². The lowest BCUT2D eigenvalue weighted by Crippen LogP contribution is -2.52. The Labute approximate surface area is 195 Å². The van der Waals surface area contributed by atoms with Crippen LogP contribution in [-0.2, 0) is 20.1 Å². The monoisotopic (exact) mass is 529 g/mol. The first-order chi connectivity index (χ1) is 14.1. The fourth-order valence-corrected chi connectivity index (χ4v) is 3.40. The van der Waals surface area contributed by atoms with Gasteiger partial charge in [0.1, 0.15) is 30.2 Å². The van der Waals surface area contributed by atoms with Gasteiger partial charge >= 0.3 is 0 Å². The van der Waals surface area contributed by atoms with Crippen molar-refractivity contribution in [1.82, 2.24) is 29.9 Å². The summed E-state index contributed by atoms with van der Waals surface area (Å²) >= 11 is 0. The van der Waals surface area contributed by atoms with Crippen molar-refractivity contribution in [3.05, 3.63) is 35.9 Å². The van der Waals surface area contributed by atoms with E-state index in [1.165, 1.54) is 0 Å². The molecule has 2 heterocycles. The van der Waals surface area contributed by atoms with Crippen LogP contribution < -0.4 is 14.8 Å². The maximum Gasteiger partial charge on any atom is 0.194 e. The van der Waals surface area contributed by atoms with Gasteiger partial charge in [-0.3, -0.25) is 9.58 Å². The van der Waals surface area contributed by atoms with Crippen LogP contribution in [0.1, 0.15) is 18.3 Å². The van der Waals surface area contributed by atoms with Crippen LogP contribution in [-0.4, -0.2) is 77.5 Å². The van der Waals surface area contributed by atoms with Crippen molar-refractivity contribution < 1.29 is 9.47 Å². The highest BCUT2D eigenvalue weighted by Crippen LogP contribution is 2.25. The maximum absolute atomic E-state index is 5.52. The van der Waals surface area contributed by atoms with Crippen LogP contribution in [0.3, 0.4) is 0 Å². The molecule has 1 saturated heterocycles. The highest BCUT2D eigenvalue weighted by Gasteiger charge is 2.21. The lowest BCUT2D eigenvalue weighted by atomic mass is 10.1. The number of aryl methyl sites for hydroxylation is 1. The van der Waals surface area contributed by atoms with E-state index in [1.807, 2.05) is 19.2 Å². The van der Waals surface area contributed by atoms with Gasteiger partial charge in [0, 0.05) is 51.9 Å². The number of rotatable bonds is 7. The van der Waals surface area contributed by atoms with Crippen molar-refractivity contribution in [2.45, 2.75) is 20.0 Å². The molecule has 1 fully saturated rings. The van der Waals surface area contributed by atoms with Crippen LogP contribution in [0.25, 0.3) is 0 Å². The van der Waals surface area contributed by atoms with Gasteiger partial charge in [-0.15, -0.1) is 24.0 Å². The largest absolute Gasteiger partial charge is 0.497 e. The van der Waals surface area contributed by atoms with Crippen LogP contribution in [0.5, 0.6) is 11.5 Å². The topological polar surface area (TPSA) is 80.0 Å². The lowest BCUT2D eigenvalue weighted by molar-refractivity contribution is 0.171. The first-order valence-corrected chi connectivity index (χ1v) is 9.94. The molecule has 30 heavy (non-hydrogen) atoms. The average molecular weight is 529 g/mol. The number of ether oxygens (including phenoxy) is 2. The summed E-state index contributed by atoms with van der Waals surface area (Å²) in [5.74, 6) is 3.52. The van der Waals surface area contributed by atoms with E-state index in [0.717, 1.165) is 68.1 Å². The Bertz CT molecular complexity index is 819. The minimum Gasteiger partial charge on any atom is -0.497 e. The Morgan fingerprint density at radius 2 is 1.93 bits per heavy atom. The molecule has 1 aromatic carbocycles. The maximum atomic E-state index is 5.52. The first kappa shape index (κ1) is 24.2. The first-order valence-electron chi connectivity index (χ1n) is 9.94. The van der Waals surface area contributed by atoms with Gasteiger partial charge in [0.2, 0.25) is 0 Å². The van der Waals surface area contributed by atoms with Crippen LogP contribution in [0, 0.1) is 0 Å². The average Bonchev–Trinajstić information content (AvgIpc) is 3.16. The molecule has 0 unspecified atom stereocenters. The van der Waals surface area contributed by atoms with Gasteiger partial charge in [0.05, 0.1) is 14.2 Å². The third-order valence-corrected chi connectivity index (χ3v) is 5.06. The molecule has 166 valence electrons. The number of benzene rings is 1. The summed E-state index contributed by atoms with van der Waals surface area (Å²) in [4.78, 5) is 13.7. The number of hydrogen-bond acceptors (Lipinski definition) is 6. The number of aliphatic imine (C=N–C) groups is 1. The van der Waals surface area contributed by atoms with Crippen molar-refractivity contribution in [1.29, 1.82) is 0 Å². The van der Waals surface area contributed by atoms with E-state index in [4.69, 9.17) is 14.5 Å². The molecule has 0 radical (unpaired) electrons. The minimum absolute atomic E-state index is 0. The molecule has 9 nitrogen and oxygen atoms in total. The van der Waals surface area contributed by atoms with Gasteiger partial charge in [-0.05, 0) is 25.1 Å². The lowest BCUT2D eigenvalue weighted by Gasteiger charge is -2.36. The summed E-state index contributed by atoms with van der Waals surface area (Å²) in [5.41, 5.74) is 1.14. The molecule has 0 aliphatic carbocycles. The molecule has 3 rings (SSSR count). The van der Waals surface area contributed by atoms with Gasteiger partial charge in [0.25, 0.3) is 0 Å². The molecular formula is C20H32IN7O2. The number of aromatic nitrogens is 3. The van der Waals surface area contributed by atoms with Crippen molar-refractivity contribution in [3.8, 4) is 11.5 Å². The summed E-state index contributed by atoms with van der Waals surface area (Å²) in [7, 11) is 5.28. The molecule has 1 aliphatic heterocycles. The van der Waals surface area contributed by atoms with Crippen molar-refractivity contribution in [3.63, 3.8) is 0 Å². The molecule has 0 atom stereocenters. The second-order valence-corrected chi connectivity index (χ2v) is 6.91. The SMILES string of the molecule is CCNC(=NCc1ncnn1C)N1CCN(Cc2cc(OC)ccc2OC)CC1.I. The molecule has 1 aromatic heterocycles. The fraction of sp³-hybridized carbons (Fsp3) is 0.550. The van der Waals surface area contributed by atoms with E-state index >= 15 is 0 Å². The Morgan fingerprint density at radius 3 is 2.53 bits per heavy atom. The highest BCUT2D eigenvalue weighted by molar-refractivity contribution is 14.0. The summed E-state index contributed by atoms with van der Waals surface area (Å²) in [6, 6.07) is 5.95. The zero-order valence-corrected chi connectivity index (χ0v) is 20.5. The molecule has 1 N–H and O–H groups in total. The predicted octanol–water partition coefficient (Wildman–Crippen LogP) is 1.73. The molecule has 0 saturated carbocycles. The molecular weight excluding hydrogens is 497 g/mol. The smallest absolute Gasteiger partial charge is 0.194 e. The van der Waals surface area contributed by atoms with E-state index in [1.54, 1.807) is 25.2 Å². The zero-order valence-electron chi connectivity index (χ0n) is 18.2. The van der Waals surface area contributed by atoms with Crippen LogP contribution in [0.2, 0.25) is 0 Å². The zero-order chi connectivity index (χ0) is 20.6. The highest BCUT2D eigenvalue weighted by atomic mass is 127. The normalized spacial score (nSPS) is 14.9. The summed E-state index contributed by atoms with van der Waals surface area (Å²) < 4.78 is 12.6. The van der Waals surface area contributed by atoms with E-state index in [9.17, 15) is 0 Å². The minimum atomic E-state index is 0. The number of piperazine rings is 1. The molecule has 2 aromatic rings. The molecule has 0 spiro atoms. The number of halogens is 1. The molecule has 0 bridgehead atoms. The molecule has 10 heteroatoms. The number of guanidine groups is 1. The standard InChI is InChI=1S/C20H31N7O2.HI/c1-5-21-20(22-13-19-23-15-24-25(19)2)27-10-8-26(9-11-27)14-16-12-17(28-3)6-7-18(16)29-4;/h6-7,12,15H,5,8-11,13-14H2,1-4H3,(H,21,22);1H. The van der Waals surface area contributed by atoms with Crippen molar-refractivity contribution >= 4 is 29.9 Å². The van der Waals surface area contributed by atoms with Gasteiger partial charge < -0.3 is 19.7 Å². The fourth-order valence-electron chi connectivity index (χ4n) is 3.40. The summed E-state index contributed by atoms with van der Waals surface area (Å²) in [6.07, 6.45) is 1.56. The van der Waals surface area contributed by atoms with Crippen molar-refractivity contribution in [2.75, 3.05) is 46.9 Å². The van der Waals surface area contributed by atoms with Crippen LogP contribution in [0.15, 0.2) is 29.5 Å². The van der Waals surface area contributed by atoms with E-state index in [-0.39, 0.29) is 24.0 Å². The third-order valence-electron chi connectivity index (χ3n) is 5.06. The third kappa shape index (κ3) is 6.21. The quantitative estimate of drug-likeness (QED) is 0.333. The molecule has 0 amide bonds. The number of methoxy groups -OCH3 is 2.